The van der Waals surface area contributed by atoms with Gasteiger partial charge >= 0.3 is 6.09 Å². The van der Waals surface area contributed by atoms with E-state index >= 15 is 0 Å². The summed E-state index contributed by atoms with van der Waals surface area (Å²) in [5.74, 6) is -0.311. The van der Waals surface area contributed by atoms with Gasteiger partial charge in [-0.2, -0.15) is 0 Å². The molecule has 3 rings (SSSR count). The summed E-state index contributed by atoms with van der Waals surface area (Å²) in [6.07, 6.45) is -0.621. The molecule has 2 aromatic rings. The van der Waals surface area contributed by atoms with Crippen LogP contribution in [0.1, 0.15) is 25.0 Å². The quantitative estimate of drug-likeness (QED) is 0.810. The van der Waals surface area contributed by atoms with E-state index < -0.39 is 12.0 Å². The molecule has 1 fully saturated rings. The molecule has 0 N–H and O–H groups in total. The van der Waals surface area contributed by atoms with Gasteiger partial charge in [0.05, 0.1) is 0 Å². The van der Waals surface area contributed by atoms with Crippen molar-refractivity contribution >= 4 is 17.6 Å². The Balaban J connectivity index is 2.20. The van der Waals surface area contributed by atoms with Gasteiger partial charge in [0.15, 0.2) is 0 Å². The Morgan fingerprint density at radius 2 is 1.35 bits per heavy atom. The second-order valence-electron chi connectivity index (χ2n) is 5.57. The summed E-state index contributed by atoms with van der Waals surface area (Å²) in [7, 11) is 0. The minimum Gasteiger partial charge on any atom is -0.403 e. The first-order chi connectivity index (χ1) is 11.1. The molecule has 1 aliphatic rings. The van der Waals surface area contributed by atoms with Crippen molar-refractivity contribution in [2.45, 2.75) is 19.9 Å². The number of carbonyl (C=O) groups excluding carboxylic acids is 2. The van der Waals surface area contributed by atoms with Gasteiger partial charge in [-0.1, -0.05) is 60.7 Å². The summed E-state index contributed by atoms with van der Waals surface area (Å²) < 4.78 is 5.34. The molecule has 23 heavy (non-hydrogen) atoms. The Kier molecular flexibility index (Phi) is 3.98. The maximum atomic E-state index is 12.7. The maximum Gasteiger partial charge on any atom is 0.422 e. The van der Waals surface area contributed by atoms with E-state index in [0.717, 1.165) is 16.0 Å². The summed E-state index contributed by atoms with van der Waals surface area (Å²) in [5.41, 5.74) is 2.30. The number of nitrogens with zero attached hydrogens (tertiary/aromatic N) is 1. The standard InChI is InChI=1S/C19H17NO3/c1-13(2)20-18(21)17(23-19(20)22)16(14-9-5-3-6-10-14)15-11-7-4-8-12-15/h3-13H,1-2H3. The lowest BCUT2D eigenvalue weighted by molar-refractivity contribution is -0.124. The number of rotatable bonds is 3. The second kappa shape index (κ2) is 6.08. The summed E-state index contributed by atoms with van der Waals surface area (Å²) in [4.78, 5) is 25.9. The summed E-state index contributed by atoms with van der Waals surface area (Å²) >= 11 is 0. The number of ether oxygens (including phenoxy) is 1. The Bertz CT molecular complexity index is 722. The molecule has 0 aliphatic carbocycles. The highest BCUT2D eigenvalue weighted by molar-refractivity contribution is 6.13. The van der Waals surface area contributed by atoms with Gasteiger partial charge in [-0.05, 0) is 25.0 Å². The van der Waals surface area contributed by atoms with Crippen LogP contribution in [-0.4, -0.2) is 22.9 Å². The Labute approximate surface area is 135 Å². The van der Waals surface area contributed by atoms with Crippen LogP contribution in [0.4, 0.5) is 4.79 Å². The molecule has 1 heterocycles. The summed E-state index contributed by atoms with van der Waals surface area (Å²) in [6, 6.07) is 18.7. The van der Waals surface area contributed by atoms with E-state index in [9.17, 15) is 9.59 Å². The molecule has 4 heteroatoms. The van der Waals surface area contributed by atoms with Crippen LogP contribution in [0.2, 0.25) is 0 Å². The van der Waals surface area contributed by atoms with Crippen LogP contribution in [0, 0.1) is 0 Å². The first-order valence-corrected chi connectivity index (χ1v) is 7.50. The number of hydrogen-bond acceptors (Lipinski definition) is 3. The molecule has 1 saturated heterocycles. The van der Waals surface area contributed by atoms with E-state index in [1.165, 1.54) is 0 Å². The van der Waals surface area contributed by atoms with Crippen LogP contribution in [0.15, 0.2) is 66.4 Å². The number of amides is 2. The highest BCUT2D eigenvalue weighted by atomic mass is 16.6. The van der Waals surface area contributed by atoms with Gasteiger partial charge in [-0.15, -0.1) is 0 Å². The van der Waals surface area contributed by atoms with Crippen molar-refractivity contribution in [3.05, 3.63) is 77.5 Å². The second-order valence-corrected chi connectivity index (χ2v) is 5.57. The molecule has 0 spiro atoms. The molecule has 0 saturated carbocycles. The fourth-order valence-electron chi connectivity index (χ4n) is 2.61. The van der Waals surface area contributed by atoms with Crippen molar-refractivity contribution in [3.8, 4) is 0 Å². The monoisotopic (exact) mass is 307 g/mol. The fourth-order valence-corrected chi connectivity index (χ4v) is 2.61. The van der Waals surface area contributed by atoms with E-state index in [4.69, 9.17) is 4.74 Å². The molecule has 116 valence electrons. The number of cyclic esters (lactones) is 1. The van der Waals surface area contributed by atoms with Crippen LogP contribution in [0.25, 0.3) is 5.57 Å². The highest BCUT2D eigenvalue weighted by Crippen LogP contribution is 2.32. The Hall–Kier alpha value is -2.88. The fraction of sp³-hybridized carbons (Fsp3) is 0.158. The van der Waals surface area contributed by atoms with Crippen LogP contribution in [0.5, 0.6) is 0 Å². The zero-order valence-electron chi connectivity index (χ0n) is 13.0. The molecule has 0 aromatic heterocycles. The predicted molar refractivity (Wildman–Crippen MR) is 87.4 cm³/mol. The third-order valence-electron chi connectivity index (χ3n) is 3.67. The number of carbonyl (C=O) groups is 2. The normalized spacial score (nSPS) is 14.4. The third-order valence-corrected chi connectivity index (χ3v) is 3.67. The van der Waals surface area contributed by atoms with Crippen LogP contribution < -0.4 is 0 Å². The number of hydrogen-bond donors (Lipinski definition) is 0. The van der Waals surface area contributed by atoms with Gasteiger partial charge in [0.2, 0.25) is 5.76 Å². The van der Waals surface area contributed by atoms with Gasteiger partial charge < -0.3 is 4.74 Å². The molecule has 0 bridgehead atoms. The number of imide groups is 1. The van der Waals surface area contributed by atoms with E-state index in [-0.39, 0.29) is 11.8 Å². The average Bonchev–Trinajstić information content (AvgIpc) is 2.84. The molecule has 0 atom stereocenters. The smallest absolute Gasteiger partial charge is 0.403 e. The first-order valence-electron chi connectivity index (χ1n) is 7.50. The molecule has 2 amide bonds. The molecule has 4 nitrogen and oxygen atoms in total. The van der Waals surface area contributed by atoms with E-state index in [2.05, 4.69) is 0 Å². The van der Waals surface area contributed by atoms with Gasteiger partial charge in [0, 0.05) is 11.6 Å². The Morgan fingerprint density at radius 3 is 1.74 bits per heavy atom. The SMILES string of the molecule is CC(C)N1C(=O)OC(=C(c2ccccc2)c2ccccc2)C1=O. The minimum atomic E-state index is -0.621. The van der Waals surface area contributed by atoms with Crippen molar-refractivity contribution in [1.29, 1.82) is 0 Å². The van der Waals surface area contributed by atoms with E-state index in [1.54, 1.807) is 13.8 Å². The van der Waals surface area contributed by atoms with Gasteiger partial charge in [0.1, 0.15) is 0 Å². The lowest BCUT2D eigenvalue weighted by atomic mass is 9.96. The largest absolute Gasteiger partial charge is 0.422 e. The molecular weight excluding hydrogens is 290 g/mol. The van der Waals surface area contributed by atoms with Gasteiger partial charge in [0.25, 0.3) is 5.91 Å². The zero-order valence-corrected chi connectivity index (χ0v) is 13.0. The van der Waals surface area contributed by atoms with Crippen LogP contribution in [-0.2, 0) is 9.53 Å². The predicted octanol–water partition coefficient (Wildman–Crippen LogP) is 3.83. The molecular formula is C19H17NO3. The molecule has 1 aliphatic heterocycles. The summed E-state index contributed by atoms with van der Waals surface area (Å²) in [5, 5.41) is 0. The lowest BCUT2D eigenvalue weighted by Crippen LogP contribution is -2.35. The first kappa shape index (κ1) is 15.0. The van der Waals surface area contributed by atoms with Crippen LogP contribution in [0.3, 0.4) is 0 Å². The highest BCUT2D eigenvalue weighted by Gasteiger charge is 2.40. The van der Waals surface area contributed by atoms with E-state index in [0.29, 0.717) is 5.57 Å². The zero-order chi connectivity index (χ0) is 16.4. The minimum absolute atomic E-state index is 0.0844. The Morgan fingerprint density at radius 1 is 0.870 bits per heavy atom. The summed E-state index contributed by atoms with van der Waals surface area (Å²) in [6.45, 7) is 3.57. The van der Waals surface area contributed by atoms with Crippen molar-refractivity contribution in [3.63, 3.8) is 0 Å². The van der Waals surface area contributed by atoms with Gasteiger partial charge in [-0.25, -0.2) is 9.69 Å². The molecule has 0 unspecified atom stereocenters. The lowest BCUT2D eigenvalue weighted by Gasteiger charge is -2.14. The third kappa shape index (κ3) is 2.75. The van der Waals surface area contributed by atoms with E-state index in [1.807, 2.05) is 60.7 Å². The van der Waals surface area contributed by atoms with Crippen molar-refractivity contribution in [2.24, 2.45) is 0 Å². The molecule has 0 radical (unpaired) electrons. The van der Waals surface area contributed by atoms with Crippen molar-refractivity contribution < 1.29 is 14.3 Å². The topological polar surface area (TPSA) is 46.6 Å². The maximum absolute atomic E-state index is 12.7. The van der Waals surface area contributed by atoms with Crippen molar-refractivity contribution in [2.75, 3.05) is 0 Å². The van der Waals surface area contributed by atoms with Crippen molar-refractivity contribution in [1.82, 2.24) is 4.90 Å². The average molecular weight is 307 g/mol. The molecule has 2 aromatic carbocycles. The van der Waals surface area contributed by atoms with Crippen LogP contribution >= 0.6 is 0 Å². The van der Waals surface area contributed by atoms with Gasteiger partial charge in [-0.3, -0.25) is 4.79 Å². The number of benzene rings is 2.